The van der Waals surface area contributed by atoms with E-state index in [0.29, 0.717) is 5.56 Å². The predicted molar refractivity (Wildman–Crippen MR) is 87.2 cm³/mol. The largest absolute Gasteiger partial charge is 0.478 e. The lowest BCUT2D eigenvalue weighted by molar-refractivity contribution is -0.120. The minimum atomic E-state index is -1.84. The Kier molecular flexibility index (Phi) is 6.07. The number of benzene rings is 1. The summed E-state index contributed by atoms with van der Waals surface area (Å²) >= 11 is 1.40. The van der Waals surface area contributed by atoms with Gasteiger partial charge in [-0.3, -0.25) is 4.79 Å². The Morgan fingerprint density at radius 3 is 2.62 bits per heavy atom. The molecule has 9 heteroatoms. The first kappa shape index (κ1) is 18.1. The lowest BCUT2D eigenvalue weighted by atomic mass is 9.75. The highest BCUT2D eigenvalue weighted by molar-refractivity contribution is 7.10. The third-order valence-corrected chi connectivity index (χ3v) is 4.21. The first-order chi connectivity index (χ1) is 11.4. The van der Waals surface area contributed by atoms with Crippen molar-refractivity contribution in [1.82, 2.24) is 5.32 Å². The molecular formula is C15H15BFNO5S. The Morgan fingerprint density at radius 1 is 1.29 bits per heavy atom. The molecule has 0 aliphatic carbocycles. The summed E-state index contributed by atoms with van der Waals surface area (Å²) in [7, 11) is -1.84. The monoisotopic (exact) mass is 351 g/mol. The van der Waals surface area contributed by atoms with E-state index < -0.39 is 36.3 Å². The molecule has 0 saturated carbocycles. The summed E-state index contributed by atoms with van der Waals surface area (Å²) in [5.41, 5.74) is -0.146. The van der Waals surface area contributed by atoms with Gasteiger partial charge in [-0.25, -0.2) is 9.18 Å². The molecule has 1 aromatic carbocycles. The van der Waals surface area contributed by atoms with Gasteiger partial charge in [0.2, 0.25) is 5.91 Å². The molecule has 0 spiro atoms. The normalized spacial score (nSPS) is 11.8. The molecule has 0 fully saturated rings. The van der Waals surface area contributed by atoms with Crippen LogP contribution in [0.25, 0.3) is 0 Å². The second-order valence-corrected chi connectivity index (χ2v) is 6.20. The molecule has 0 unspecified atom stereocenters. The number of nitrogens with one attached hydrogen (secondary N) is 1. The van der Waals surface area contributed by atoms with Crippen molar-refractivity contribution in [2.75, 3.05) is 0 Å². The molecule has 0 bridgehead atoms. The summed E-state index contributed by atoms with van der Waals surface area (Å²) in [5.74, 6) is -3.73. The number of aromatic carboxylic acids is 1. The van der Waals surface area contributed by atoms with Crippen LogP contribution >= 0.6 is 11.3 Å². The van der Waals surface area contributed by atoms with Crippen LogP contribution in [0.15, 0.2) is 35.7 Å². The van der Waals surface area contributed by atoms with Gasteiger partial charge >= 0.3 is 13.1 Å². The zero-order chi connectivity index (χ0) is 17.7. The van der Waals surface area contributed by atoms with E-state index in [-0.39, 0.29) is 12.8 Å². The lowest BCUT2D eigenvalue weighted by Crippen LogP contribution is -2.48. The minimum absolute atomic E-state index is 0.0472. The zero-order valence-corrected chi connectivity index (χ0v) is 13.3. The smallest absolute Gasteiger partial charge is 0.475 e. The molecule has 0 radical (unpaired) electrons. The fraction of sp³-hybridized carbons (Fsp3) is 0.200. The van der Waals surface area contributed by atoms with Crippen molar-refractivity contribution < 1.29 is 29.1 Å². The van der Waals surface area contributed by atoms with Crippen LogP contribution in [0.5, 0.6) is 0 Å². The van der Waals surface area contributed by atoms with Crippen LogP contribution in [0.3, 0.4) is 0 Å². The van der Waals surface area contributed by atoms with E-state index in [9.17, 15) is 24.0 Å². The van der Waals surface area contributed by atoms with Gasteiger partial charge in [-0.15, -0.1) is 11.3 Å². The minimum Gasteiger partial charge on any atom is -0.478 e. The van der Waals surface area contributed by atoms with Crippen molar-refractivity contribution in [1.29, 1.82) is 0 Å². The molecule has 24 heavy (non-hydrogen) atoms. The van der Waals surface area contributed by atoms with E-state index in [2.05, 4.69) is 5.32 Å². The van der Waals surface area contributed by atoms with Gasteiger partial charge in [-0.1, -0.05) is 12.1 Å². The molecule has 0 saturated heterocycles. The Labute approximate surface area is 141 Å². The number of hydrogen-bond acceptors (Lipinski definition) is 5. The van der Waals surface area contributed by atoms with Gasteiger partial charge < -0.3 is 20.5 Å². The van der Waals surface area contributed by atoms with Crippen molar-refractivity contribution in [3.05, 3.63) is 57.5 Å². The van der Waals surface area contributed by atoms with Crippen LogP contribution in [0.4, 0.5) is 4.39 Å². The quantitative estimate of drug-likeness (QED) is 0.554. The van der Waals surface area contributed by atoms with Gasteiger partial charge in [0, 0.05) is 4.88 Å². The fourth-order valence-electron chi connectivity index (χ4n) is 2.18. The molecule has 0 aliphatic rings. The number of halogens is 1. The van der Waals surface area contributed by atoms with Crippen molar-refractivity contribution in [2.45, 2.75) is 18.8 Å². The molecule has 1 aromatic heterocycles. The Hall–Kier alpha value is -2.23. The van der Waals surface area contributed by atoms with Crippen LogP contribution in [-0.4, -0.2) is 40.1 Å². The van der Waals surface area contributed by atoms with Crippen molar-refractivity contribution in [3.63, 3.8) is 0 Å². The van der Waals surface area contributed by atoms with Crippen LogP contribution < -0.4 is 5.32 Å². The van der Waals surface area contributed by atoms with E-state index in [1.807, 2.05) is 5.38 Å². The maximum absolute atomic E-state index is 13.4. The number of carboxylic acids is 1. The number of thiophene rings is 1. The molecule has 126 valence electrons. The number of amides is 1. The highest BCUT2D eigenvalue weighted by Gasteiger charge is 2.26. The Morgan fingerprint density at radius 2 is 2.04 bits per heavy atom. The van der Waals surface area contributed by atoms with Crippen LogP contribution in [0, 0.1) is 5.82 Å². The second kappa shape index (κ2) is 8.05. The molecule has 1 amide bonds. The lowest BCUT2D eigenvalue weighted by Gasteiger charge is -2.18. The summed E-state index contributed by atoms with van der Waals surface area (Å²) in [6.45, 7) is 0. The fourth-order valence-corrected chi connectivity index (χ4v) is 2.88. The van der Waals surface area contributed by atoms with Gasteiger partial charge in [0.05, 0.1) is 17.9 Å². The maximum Gasteiger partial charge on any atom is 0.475 e. The molecule has 1 heterocycles. The average molecular weight is 351 g/mol. The second-order valence-electron chi connectivity index (χ2n) is 5.17. The Bertz CT molecular complexity index is 723. The maximum atomic E-state index is 13.4. The molecule has 2 aromatic rings. The Balaban J connectivity index is 2.07. The van der Waals surface area contributed by atoms with E-state index >= 15 is 0 Å². The average Bonchev–Trinajstić information content (AvgIpc) is 3.00. The third-order valence-electron chi connectivity index (χ3n) is 3.34. The van der Waals surface area contributed by atoms with E-state index in [1.165, 1.54) is 17.4 Å². The molecule has 1 atom stereocenters. The number of carbonyl (C=O) groups is 2. The van der Waals surface area contributed by atoms with Crippen LogP contribution in [0.1, 0.15) is 20.8 Å². The number of rotatable bonds is 7. The van der Waals surface area contributed by atoms with Gasteiger partial charge in [0.25, 0.3) is 0 Å². The molecule has 0 aliphatic heterocycles. The van der Waals surface area contributed by atoms with E-state index in [4.69, 9.17) is 5.11 Å². The van der Waals surface area contributed by atoms with Crippen LogP contribution in [0.2, 0.25) is 0 Å². The molecule has 6 nitrogen and oxygen atoms in total. The number of carboxylic acid groups (broad SMARTS) is 1. The van der Waals surface area contributed by atoms with Gasteiger partial charge in [0.15, 0.2) is 0 Å². The molecule has 2 rings (SSSR count). The first-order valence-corrected chi connectivity index (χ1v) is 7.94. The van der Waals surface area contributed by atoms with E-state index in [0.717, 1.165) is 17.0 Å². The summed E-state index contributed by atoms with van der Waals surface area (Å²) in [4.78, 5) is 23.7. The molecular weight excluding hydrogens is 336 g/mol. The first-order valence-electron chi connectivity index (χ1n) is 7.06. The number of hydrogen-bond donors (Lipinski definition) is 4. The van der Waals surface area contributed by atoms with Crippen LogP contribution in [-0.2, 0) is 17.6 Å². The summed E-state index contributed by atoms with van der Waals surface area (Å²) in [6.07, 6.45) is 0.0547. The number of carbonyl (C=O) groups excluding carboxylic acids is 1. The van der Waals surface area contributed by atoms with Crippen molar-refractivity contribution >= 4 is 30.3 Å². The highest BCUT2D eigenvalue weighted by Crippen LogP contribution is 2.14. The summed E-state index contributed by atoms with van der Waals surface area (Å²) in [5, 5.41) is 32.1. The van der Waals surface area contributed by atoms with E-state index in [1.54, 1.807) is 12.1 Å². The SMILES string of the molecule is O=C(Cc1cccs1)N[C@@H](Cc1ccc(F)c(C(=O)O)c1)B(O)O. The third kappa shape index (κ3) is 4.88. The summed E-state index contributed by atoms with van der Waals surface area (Å²) in [6, 6.07) is 7.03. The predicted octanol–water partition coefficient (Wildman–Crippen LogP) is 0.867. The van der Waals surface area contributed by atoms with Crippen molar-refractivity contribution in [2.24, 2.45) is 0 Å². The molecule has 4 N–H and O–H groups in total. The highest BCUT2D eigenvalue weighted by atomic mass is 32.1. The topological polar surface area (TPSA) is 107 Å². The van der Waals surface area contributed by atoms with Crippen molar-refractivity contribution in [3.8, 4) is 0 Å². The zero-order valence-electron chi connectivity index (χ0n) is 12.5. The van der Waals surface area contributed by atoms with Gasteiger partial charge in [-0.2, -0.15) is 0 Å². The van der Waals surface area contributed by atoms with Gasteiger partial charge in [0.1, 0.15) is 5.82 Å². The standard InChI is InChI=1S/C15H15BFNO5S/c17-12-4-3-9(6-11(12)15(20)21)7-13(16(22)23)18-14(19)8-10-2-1-5-24-10/h1-6,13,22-23H,7-8H2,(H,18,19)(H,20,21)/t13-/m0/s1. The summed E-state index contributed by atoms with van der Waals surface area (Å²) < 4.78 is 13.4. The van der Waals surface area contributed by atoms with Gasteiger partial charge in [-0.05, 0) is 35.6 Å².